The molecule has 14 heavy (non-hydrogen) atoms. The molecule has 0 heterocycles. The Bertz CT molecular complexity index is 292. The number of nitriles is 1. The Labute approximate surface area is 83.9 Å². The van der Waals surface area contributed by atoms with Crippen molar-refractivity contribution < 1.29 is 9.47 Å². The van der Waals surface area contributed by atoms with Crippen LogP contribution in [0.15, 0.2) is 30.3 Å². The predicted molar refractivity (Wildman–Crippen MR) is 52.5 cm³/mol. The molecule has 0 amide bonds. The van der Waals surface area contributed by atoms with Gasteiger partial charge < -0.3 is 9.47 Å². The first-order valence-electron chi connectivity index (χ1n) is 4.41. The molecule has 0 radical (unpaired) electrons. The van der Waals surface area contributed by atoms with Gasteiger partial charge in [-0.1, -0.05) is 30.3 Å². The molecule has 0 spiro atoms. The van der Waals surface area contributed by atoms with Gasteiger partial charge >= 0.3 is 0 Å². The van der Waals surface area contributed by atoms with Crippen molar-refractivity contribution in [2.75, 3.05) is 13.7 Å². The summed E-state index contributed by atoms with van der Waals surface area (Å²) in [4.78, 5) is 0. The lowest BCUT2D eigenvalue weighted by molar-refractivity contribution is 0.0293. The van der Waals surface area contributed by atoms with E-state index in [1.165, 1.54) is 7.11 Å². The highest BCUT2D eigenvalue weighted by molar-refractivity contribution is 5.13. The highest BCUT2D eigenvalue weighted by Crippen LogP contribution is 2.01. The zero-order valence-corrected chi connectivity index (χ0v) is 8.14. The van der Waals surface area contributed by atoms with E-state index in [9.17, 15) is 0 Å². The minimum Gasteiger partial charge on any atom is -0.373 e. The fraction of sp³-hybridized carbons (Fsp3) is 0.364. The molecule has 74 valence electrons. The largest absolute Gasteiger partial charge is 0.373 e. The third-order valence-electron chi connectivity index (χ3n) is 1.81. The van der Waals surface area contributed by atoms with Crippen molar-refractivity contribution in [1.29, 1.82) is 5.26 Å². The van der Waals surface area contributed by atoms with Crippen molar-refractivity contribution in [3.8, 4) is 6.07 Å². The van der Waals surface area contributed by atoms with Crippen molar-refractivity contribution in [2.45, 2.75) is 12.7 Å². The molecule has 3 nitrogen and oxygen atoms in total. The van der Waals surface area contributed by atoms with E-state index in [-0.39, 0.29) is 0 Å². The lowest BCUT2D eigenvalue weighted by Crippen LogP contribution is -2.15. The summed E-state index contributed by atoms with van der Waals surface area (Å²) in [7, 11) is 1.50. The van der Waals surface area contributed by atoms with Crippen molar-refractivity contribution in [1.82, 2.24) is 0 Å². The summed E-state index contributed by atoms with van der Waals surface area (Å²) in [5.74, 6) is 0. The molecule has 0 bridgehead atoms. The monoisotopic (exact) mass is 191 g/mol. The number of methoxy groups -OCH3 is 1. The van der Waals surface area contributed by atoms with E-state index in [0.717, 1.165) is 5.56 Å². The van der Waals surface area contributed by atoms with Crippen LogP contribution in [0.2, 0.25) is 0 Å². The van der Waals surface area contributed by atoms with Crippen molar-refractivity contribution in [3.63, 3.8) is 0 Å². The lowest BCUT2D eigenvalue weighted by atomic mass is 10.2. The molecule has 0 aliphatic heterocycles. The summed E-state index contributed by atoms with van der Waals surface area (Å²) in [6.45, 7) is 0.824. The number of benzene rings is 1. The average Bonchev–Trinajstić information content (AvgIpc) is 2.26. The second-order valence-electron chi connectivity index (χ2n) is 2.85. The third kappa shape index (κ3) is 3.56. The maximum Gasteiger partial charge on any atom is 0.166 e. The van der Waals surface area contributed by atoms with Gasteiger partial charge in [-0.2, -0.15) is 5.26 Å². The van der Waals surface area contributed by atoms with Gasteiger partial charge in [0.1, 0.15) is 0 Å². The highest BCUT2D eigenvalue weighted by Gasteiger charge is 2.04. The summed E-state index contributed by atoms with van der Waals surface area (Å²) >= 11 is 0. The fourth-order valence-electron chi connectivity index (χ4n) is 1.02. The maximum atomic E-state index is 8.57. The summed E-state index contributed by atoms with van der Waals surface area (Å²) < 4.78 is 10.2. The van der Waals surface area contributed by atoms with Gasteiger partial charge in [0.05, 0.1) is 19.3 Å². The van der Waals surface area contributed by atoms with Crippen LogP contribution in [0.4, 0.5) is 0 Å². The summed E-state index contributed by atoms with van der Waals surface area (Å²) in [5, 5.41) is 8.57. The van der Waals surface area contributed by atoms with E-state index < -0.39 is 6.10 Å². The van der Waals surface area contributed by atoms with Gasteiger partial charge in [-0.05, 0) is 5.56 Å². The van der Waals surface area contributed by atoms with Gasteiger partial charge in [-0.3, -0.25) is 0 Å². The second-order valence-corrected chi connectivity index (χ2v) is 2.85. The zero-order valence-electron chi connectivity index (χ0n) is 8.14. The Morgan fingerprint density at radius 2 is 2.07 bits per heavy atom. The van der Waals surface area contributed by atoms with Crippen molar-refractivity contribution >= 4 is 0 Å². The van der Waals surface area contributed by atoms with E-state index >= 15 is 0 Å². The smallest absolute Gasteiger partial charge is 0.166 e. The minimum atomic E-state index is -0.473. The molecule has 0 aromatic heterocycles. The molecule has 3 heteroatoms. The highest BCUT2D eigenvalue weighted by atomic mass is 16.5. The number of nitrogens with zero attached hydrogens (tertiary/aromatic N) is 1. The van der Waals surface area contributed by atoms with Crippen LogP contribution >= 0.6 is 0 Å². The van der Waals surface area contributed by atoms with Crippen molar-refractivity contribution in [3.05, 3.63) is 35.9 Å². The molecule has 1 unspecified atom stereocenters. The molecular weight excluding hydrogens is 178 g/mol. The Kier molecular flexibility index (Phi) is 4.70. The van der Waals surface area contributed by atoms with E-state index in [1.54, 1.807) is 0 Å². The van der Waals surface area contributed by atoms with Crippen LogP contribution in [-0.2, 0) is 16.1 Å². The van der Waals surface area contributed by atoms with Crippen LogP contribution in [0.1, 0.15) is 5.56 Å². The Hall–Kier alpha value is -1.37. The van der Waals surface area contributed by atoms with E-state index in [1.807, 2.05) is 36.4 Å². The standard InChI is InChI=1S/C11H13NO2/c1-13-11(7-12)9-14-8-10-5-3-2-4-6-10/h2-6,11H,8-9H2,1H3. The van der Waals surface area contributed by atoms with Crippen LogP contribution in [-0.4, -0.2) is 19.8 Å². The quantitative estimate of drug-likeness (QED) is 0.712. The third-order valence-corrected chi connectivity index (χ3v) is 1.81. The number of ether oxygens (including phenoxy) is 2. The van der Waals surface area contributed by atoms with Gasteiger partial charge in [0.25, 0.3) is 0 Å². The Morgan fingerprint density at radius 1 is 1.36 bits per heavy atom. The van der Waals surface area contributed by atoms with E-state index in [0.29, 0.717) is 13.2 Å². The Morgan fingerprint density at radius 3 is 2.64 bits per heavy atom. The van der Waals surface area contributed by atoms with Crippen molar-refractivity contribution in [2.24, 2.45) is 0 Å². The minimum absolute atomic E-state index is 0.307. The van der Waals surface area contributed by atoms with E-state index in [2.05, 4.69) is 0 Å². The summed E-state index contributed by atoms with van der Waals surface area (Å²) in [6.07, 6.45) is -0.473. The molecule has 0 aliphatic rings. The lowest BCUT2D eigenvalue weighted by Gasteiger charge is -2.07. The molecule has 1 rings (SSSR count). The number of hydrogen-bond donors (Lipinski definition) is 0. The predicted octanol–water partition coefficient (Wildman–Crippen LogP) is 1.74. The maximum absolute atomic E-state index is 8.57. The first kappa shape index (κ1) is 10.7. The molecule has 0 aliphatic carbocycles. The van der Waals surface area contributed by atoms with Crippen LogP contribution in [0.5, 0.6) is 0 Å². The molecule has 0 saturated carbocycles. The van der Waals surface area contributed by atoms with Gasteiger partial charge in [-0.25, -0.2) is 0 Å². The van der Waals surface area contributed by atoms with Gasteiger partial charge in [0, 0.05) is 7.11 Å². The molecule has 0 fully saturated rings. The van der Waals surface area contributed by atoms with Crippen LogP contribution < -0.4 is 0 Å². The molecule has 0 saturated heterocycles. The van der Waals surface area contributed by atoms with Gasteiger partial charge in [0.15, 0.2) is 6.10 Å². The molecule has 1 atom stereocenters. The molecule has 0 N–H and O–H groups in total. The molecule has 1 aromatic rings. The molecule has 1 aromatic carbocycles. The normalized spacial score (nSPS) is 12.0. The average molecular weight is 191 g/mol. The topological polar surface area (TPSA) is 42.2 Å². The summed E-state index contributed by atoms with van der Waals surface area (Å²) in [5.41, 5.74) is 1.10. The molecular formula is C11H13NO2. The first-order chi connectivity index (χ1) is 6.86. The van der Waals surface area contributed by atoms with Gasteiger partial charge in [0.2, 0.25) is 0 Å². The zero-order chi connectivity index (χ0) is 10.2. The SMILES string of the molecule is COC(C#N)COCc1ccccc1. The Balaban J connectivity index is 2.26. The summed E-state index contributed by atoms with van der Waals surface area (Å²) in [6, 6.07) is 11.8. The number of rotatable bonds is 5. The first-order valence-corrected chi connectivity index (χ1v) is 4.41. The van der Waals surface area contributed by atoms with Crippen LogP contribution in [0.3, 0.4) is 0 Å². The van der Waals surface area contributed by atoms with Gasteiger partial charge in [-0.15, -0.1) is 0 Å². The van der Waals surface area contributed by atoms with Crippen LogP contribution in [0, 0.1) is 11.3 Å². The van der Waals surface area contributed by atoms with E-state index in [4.69, 9.17) is 14.7 Å². The second kappa shape index (κ2) is 6.14. The number of hydrogen-bond acceptors (Lipinski definition) is 3. The van der Waals surface area contributed by atoms with Crippen LogP contribution in [0.25, 0.3) is 0 Å². The fourth-order valence-corrected chi connectivity index (χ4v) is 1.02.